The molecule has 0 spiro atoms. The fraction of sp³-hybridized carbons (Fsp3) is 0.625. The molecule has 20 heavy (non-hydrogen) atoms. The van der Waals surface area contributed by atoms with Crippen molar-refractivity contribution in [3.63, 3.8) is 0 Å². The van der Waals surface area contributed by atoms with Gasteiger partial charge in [0, 0.05) is 50.5 Å². The summed E-state index contributed by atoms with van der Waals surface area (Å²) >= 11 is 0. The number of piperazine rings is 1. The van der Waals surface area contributed by atoms with E-state index in [0.29, 0.717) is 6.04 Å². The van der Waals surface area contributed by atoms with Crippen molar-refractivity contribution in [3.8, 4) is 5.75 Å². The molecule has 1 unspecified atom stereocenters. The van der Waals surface area contributed by atoms with E-state index in [2.05, 4.69) is 28.0 Å². The summed E-state index contributed by atoms with van der Waals surface area (Å²) in [4.78, 5) is 5.04. The number of methoxy groups -OCH3 is 1. The van der Waals surface area contributed by atoms with E-state index in [0.717, 1.165) is 44.4 Å². The quantitative estimate of drug-likeness (QED) is 0.885. The minimum absolute atomic E-state index is 0.613. The van der Waals surface area contributed by atoms with Gasteiger partial charge >= 0.3 is 0 Å². The molecule has 0 amide bonds. The van der Waals surface area contributed by atoms with Gasteiger partial charge in [-0.05, 0) is 30.9 Å². The Morgan fingerprint density at radius 2 is 2.00 bits per heavy atom. The van der Waals surface area contributed by atoms with Crippen LogP contribution in [0.3, 0.4) is 0 Å². The lowest BCUT2D eigenvalue weighted by molar-refractivity contribution is 0.171. The highest BCUT2D eigenvalue weighted by Crippen LogP contribution is 2.35. The zero-order valence-electron chi connectivity index (χ0n) is 12.3. The smallest absolute Gasteiger partial charge is 0.120 e. The standard InChI is InChI=1S/C16H25N3O/c1-20-15-4-2-3-14(11-15)18-7-9-19(10-8-18)16(12-17)13-5-6-13/h2-4,11,13,16H,5-10,12,17H2,1H3. The normalized spacial score (nSPS) is 21.8. The first-order chi connectivity index (χ1) is 9.81. The Hall–Kier alpha value is -1.26. The van der Waals surface area contributed by atoms with E-state index in [4.69, 9.17) is 10.5 Å². The SMILES string of the molecule is COc1cccc(N2CCN(C(CN)C3CC3)CC2)c1. The summed E-state index contributed by atoms with van der Waals surface area (Å²) < 4.78 is 5.31. The molecule has 1 aromatic rings. The molecule has 2 N–H and O–H groups in total. The van der Waals surface area contributed by atoms with Gasteiger partial charge in [-0.25, -0.2) is 0 Å². The Kier molecular flexibility index (Phi) is 4.13. The number of benzene rings is 1. The van der Waals surface area contributed by atoms with Gasteiger partial charge in [0.2, 0.25) is 0 Å². The summed E-state index contributed by atoms with van der Waals surface area (Å²) in [7, 11) is 1.72. The lowest BCUT2D eigenvalue weighted by Crippen LogP contribution is -2.53. The maximum atomic E-state index is 5.96. The molecule has 2 aliphatic rings. The fourth-order valence-corrected chi connectivity index (χ4v) is 3.24. The van der Waals surface area contributed by atoms with E-state index in [-0.39, 0.29) is 0 Å². The summed E-state index contributed by atoms with van der Waals surface area (Å²) in [5.41, 5.74) is 7.22. The summed E-state index contributed by atoms with van der Waals surface area (Å²) in [6, 6.07) is 8.96. The maximum Gasteiger partial charge on any atom is 0.120 e. The highest BCUT2D eigenvalue weighted by Gasteiger charge is 2.35. The van der Waals surface area contributed by atoms with Gasteiger partial charge in [0.05, 0.1) is 7.11 Å². The van der Waals surface area contributed by atoms with Crippen LogP contribution in [0.4, 0.5) is 5.69 Å². The van der Waals surface area contributed by atoms with Gasteiger partial charge in [-0.15, -0.1) is 0 Å². The molecule has 110 valence electrons. The maximum absolute atomic E-state index is 5.96. The zero-order valence-corrected chi connectivity index (χ0v) is 12.3. The number of hydrogen-bond acceptors (Lipinski definition) is 4. The predicted octanol–water partition coefficient (Wildman–Crippen LogP) is 1.55. The van der Waals surface area contributed by atoms with E-state index in [9.17, 15) is 0 Å². The van der Waals surface area contributed by atoms with Crippen LogP contribution in [-0.2, 0) is 0 Å². The fourth-order valence-electron chi connectivity index (χ4n) is 3.24. The molecule has 1 heterocycles. The Morgan fingerprint density at radius 3 is 2.60 bits per heavy atom. The second-order valence-electron chi connectivity index (χ2n) is 5.86. The average Bonchev–Trinajstić information content (AvgIpc) is 3.34. The monoisotopic (exact) mass is 275 g/mol. The van der Waals surface area contributed by atoms with Crippen molar-refractivity contribution in [3.05, 3.63) is 24.3 Å². The number of ether oxygens (including phenoxy) is 1. The van der Waals surface area contributed by atoms with Crippen molar-refractivity contribution in [2.24, 2.45) is 11.7 Å². The number of nitrogens with zero attached hydrogens (tertiary/aromatic N) is 2. The van der Waals surface area contributed by atoms with Gasteiger partial charge in [-0.1, -0.05) is 6.07 Å². The molecule has 1 saturated heterocycles. The Bertz CT molecular complexity index is 439. The van der Waals surface area contributed by atoms with Gasteiger partial charge in [0.25, 0.3) is 0 Å². The summed E-state index contributed by atoms with van der Waals surface area (Å²) in [5, 5.41) is 0. The average molecular weight is 275 g/mol. The van der Waals surface area contributed by atoms with Crippen LogP contribution in [0.5, 0.6) is 5.75 Å². The van der Waals surface area contributed by atoms with Crippen LogP contribution in [0.2, 0.25) is 0 Å². The van der Waals surface area contributed by atoms with Crippen LogP contribution < -0.4 is 15.4 Å². The molecular formula is C16H25N3O. The van der Waals surface area contributed by atoms with Crippen molar-refractivity contribution in [1.82, 2.24) is 4.90 Å². The highest BCUT2D eigenvalue weighted by atomic mass is 16.5. The first kappa shape index (κ1) is 13.7. The first-order valence-corrected chi connectivity index (χ1v) is 7.65. The van der Waals surface area contributed by atoms with Crippen LogP contribution in [0.1, 0.15) is 12.8 Å². The predicted molar refractivity (Wildman–Crippen MR) is 82.3 cm³/mol. The second kappa shape index (κ2) is 6.02. The van der Waals surface area contributed by atoms with Crippen LogP contribution in [0, 0.1) is 5.92 Å². The molecular weight excluding hydrogens is 250 g/mol. The van der Waals surface area contributed by atoms with Crippen LogP contribution in [0.25, 0.3) is 0 Å². The van der Waals surface area contributed by atoms with Crippen molar-refractivity contribution < 1.29 is 4.74 Å². The van der Waals surface area contributed by atoms with Gasteiger partial charge in [0.15, 0.2) is 0 Å². The van der Waals surface area contributed by atoms with Crippen molar-refractivity contribution in [2.75, 3.05) is 44.7 Å². The van der Waals surface area contributed by atoms with Crippen molar-refractivity contribution in [2.45, 2.75) is 18.9 Å². The third-order valence-corrected chi connectivity index (χ3v) is 4.61. The van der Waals surface area contributed by atoms with Gasteiger partial charge in [0.1, 0.15) is 5.75 Å². The van der Waals surface area contributed by atoms with E-state index < -0.39 is 0 Å². The van der Waals surface area contributed by atoms with E-state index >= 15 is 0 Å². The number of rotatable bonds is 5. The lowest BCUT2D eigenvalue weighted by Gasteiger charge is -2.40. The molecule has 4 nitrogen and oxygen atoms in total. The van der Waals surface area contributed by atoms with Crippen molar-refractivity contribution >= 4 is 5.69 Å². The highest BCUT2D eigenvalue weighted by molar-refractivity contribution is 5.51. The molecule has 1 aliphatic carbocycles. The molecule has 2 fully saturated rings. The minimum Gasteiger partial charge on any atom is -0.497 e. The number of hydrogen-bond donors (Lipinski definition) is 1. The zero-order chi connectivity index (χ0) is 13.9. The molecule has 3 rings (SSSR count). The van der Waals surface area contributed by atoms with E-state index in [1.54, 1.807) is 7.11 Å². The molecule has 4 heteroatoms. The summed E-state index contributed by atoms with van der Waals surface area (Å²) in [6.45, 7) is 5.21. The Balaban J connectivity index is 1.60. The van der Waals surface area contributed by atoms with Crippen LogP contribution in [-0.4, -0.2) is 50.8 Å². The molecule has 1 aliphatic heterocycles. The second-order valence-corrected chi connectivity index (χ2v) is 5.86. The molecule has 0 bridgehead atoms. The molecule has 1 saturated carbocycles. The molecule has 1 atom stereocenters. The van der Waals surface area contributed by atoms with Gasteiger partial charge in [-0.3, -0.25) is 4.90 Å². The van der Waals surface area contributed by atoms with Crippen LogP contribution in [0.15, 0.2) is 24.3 Å². The van der Waals surface area contributed by atoms with Gasteiger partial charge < -0.3 is 15.4 Å². The third-order valence-electron chi connectivity index (χ3n) is 4.61. The molecule has 0 radical (unpaired) electrons. The molecule has 1 aromatic carbocycles. The number of nitrogens with two attached hydrogens (primary N) is 1. The minimum atomic E-state index is 0.613. The van der Waals surface area contributed by atoms with Crippen molar-refractivity contribution in [1.29, 1.82) is 0 Å². The largest absolute Gasteiger partial charge is 0.497 e. The summed E-state index contributed by atoms with van der Waals surface area (Å²) in [6.07, 6.45) is 2.75. The summed E-state index contributed by atoms with van der Waals surface area (Å²) in [5.74, 6) is 1.80. The van der Waals surface area contributed by atoms with E-state index in [1.807, 2.05) is 6.07 Å². The van der Waals surface area contributed by atoms with E-state index in [1.165, 1.54) is 18.5 Å². The molecule has 0 aromatic heterocycles. The Morgan fingerprint density at radius 1 is 1.25 bits per heavy atom. The first-order valence-electron chi connectivity index (χ1n) is 7.65. The number of anilines is 1. The van der Waals surface area contributed by atoms with Crippen LogP contribution >= 0.6 is 0 Å². The topological polar surface area (TPSA) is 41.7 Å². The Labute approximate surface area is 121 Å². The lowest BCUT2D eigenvalue weighted by atomic mass is 10.1. The third kappa shape index (κ3) is 2.91. The van der Waals surface area contributed by atoms with Gasteiger partial charge in [-0.2, -0.15) is 0 Å².